The van der Waals surface area contributed by atoms with E-state index < -0.39 is 0 Å². The number of nitrogens with two attached hydrogens (primary N) is 1. The first kappa shape index (κ1) is 34.0. The van der Waals surface area contributed by atoms with Gasteiger partial charge in [-0.3, -0.25) is 4.79 Å². The number of carbonyl (C=O) groups is 1. The second kappa shape index (κ2) is 20.2. The molecule has 0 spiro atoms. The molecule has 26 heavy (non-hydrogen) atoms. The van der Waals surface area contributed by atoms with E-state index in [2.05, 4.69) is 40.7 Å². The average Bonchev–Trinajstić information content (AvgIpc) is 2.46. The fourth-order valence-corrected chi connectivity index (χ4v) is 2.77. The van der Waals surface area contributed by atoms with E-state index in [0.29, 0.717) is 6.42 Å². The van der Waals surface area contributed by atoms with Gasteiger partial charge in [0.2, 0.25) is 5.91 Å². The molecule has 0 unspecified atom stereocenters. The van der Waals surface area contributed by atoms with E-state index in [9.17, 15) is 4.79 Å². The maximum absolute atomic E-state index is 11.0. The Labute approximate surface area is 184 Å². The molecule has 0 radical (unpaired) electrons. The van der Waals surface area contributed by atoms with Crippen LogP contribution in [0.3, 0.4) is 0 Å². The molecule has 0 aromatic rings. The van der Waals surface area contributed by atoms with E-state index >= 15 is 0 Å². The first-order chi connectivity index (χ1) is 10.5. The summed E-state index contributed by atoms with van der Waals surface area (Å²) < 4.78 is 0. The van der Waals surface area contributed by atoms with Gasteiger partial charge in [-0.15, -0.1) is 49.6 Å². The summed E-state index contributed by atoms with van der Waals surface area (Å²) in [6, 6.07) is 0. The minimum absolute atomic E-state index is 0. The number of nitrogens with zero attached hydrogens (tertiary/aromatic N) is 4. The number of amides is 1. The Morgan fingerprint density at radius 2 is 1.08 bits per heavy atom. The summed E-state index contributed by atoms with van der Waals surface area (Å²) in [4.78, 5) is 20.6. The normalized spacial score (nSPS) is 19.7. The number of primary amides is 1. The van der Waals surface area contributed by atoms with Crippen LogP contribution in [0.4, 0.5) is 0 Å². The highest BCUT2D eigenvalue weighted by Crippen LogP contribution is 2.00. The zero-order valence-corrected chi connectivity index (χ0v) is 19.7. The molecule has 0 atom stereocenters. The van der Waals surface area contributed by atoms with Crippen molar-refractivity contribution in [3.05, 3.63) is 0 Å². The highest BCUT2D eigenvalue weighted by Gasteiger charge is 2.10. The monoisotopic (exact) mass is 457 g/mol. The average molecular weight is 459 g/mol. The Balaban J connectivity index is -0.000000605. The molecule has 162 valence electrons. The summed E-state index contributed by atoms with van der Waals surface area (Å²) in [5, 5.41) is 0. The van der Waals surface area contributed by atoms with Gasteiger partial charge in [-0.05, 0) is 60.2 Å². The molecule has 1 amide bonds. The number of carbonyl (C=O) groups excluding carboxylic acids is 1. The van der Waals surface area contributed by atoms with Crippen molar-refractivity contribution in [2.45, 2.75) is 19.3 Å². The lowest BCUT2D eigenvalue weighted by molar-refractivity contribution is -0.118. The molecule has 1 aliphatic heterocycles. The zero-order chi connectivity index (χ0) is 16.4. The predicted molar refractivity (Wildman–Crippen MR) is 121 cm³/mol. The van der Waals surface area contributed by atoms with E-state index in [0.717, 1.165) is 65.3 Å². The van der Waals surface area contributed by atoms with E-state index in [1.54, 1.807) is 0 Å². The standard InChI is InChI=1S/C16H35N5O.4ClH/c1-18-7-4-8-20(3)14-15-21(11-6-16(17)22)10-5-9-19(2)13-12-18;;;;/h4-15H2,1-3H3,(H2,17,22);4*1H. The van der Waals surface area contributed by atoms with Crippen LogP contribution in [-0.2, 0) is 4.79 Å². The molecule has 10 heteroatoms. The lowest BCUT2D eigenvalue weighted by Gasteiger charge is -2.28. The molecular formula is C16H39Cl4N5O. The van der Waals surface area contributed by atoms with Crippen molar-refractivity contribution in [2.75, 3.05) is 80.0 Å². The van der Waals surface area contributed by atoms with Gasteiger partial charge in [0.1, 0.15) is 0 Å². The fourth-order valence-electron chi connectivity index (χ4n) is 2.77. The third kappa shape index (κ3) is 17.9. The van der Waals surface area contributed by atoms with Crippen LogP contribution < -0.4 is 5.73 Å². The third-order valence-corrected chi connectivity index (χ3v) is 4.43. The molecule has 0 saturated carbocycles. The van der Waals surface area contributed by atoms with Crippen molar-refractivity contribution < 1.29 is 4.79 Å². The molecule has 1 aliphatic rings. The van der Waals surface area contributed by atoms with Gasteiger partial charge < -0.3 is 25.3 Å². The van der Waals surface area contributed by atoms with Crippen molar-refractivity contribution in [1.82, 2.24) is 19.6 Å². The molecule has 2 N–H and O–H groups in total. The maximum Gasteiger partial charge on any atom is 0.218 e. The van der Waals surface area contributed by atoms with Gasteiger partial charge in [-0.2, -0.15) is 0 Å². The largest absolute Gasteiger partial charge is 0.370 e. The number of hydrogen-bond donors (Lipinski definition) is 1. The van der Waals surface area contributed by atoms with Gasteiger partial charge in [-0.25, -0.2) is 0 Å². The highest BCUT2D eigenvalue weighted by atomic mass is 35.5. The zero-order valence-electron chi connectivity index (χ0n) is 16.4. The number of likely N-dealkylation sites (N-methyl/N-ethyl adjacent to an activating group) is 3. The second-order valence-corrected chi connectivity index (χ2v) is 6.67. The van der Waals surface area contributed by atoms with Crippen LogP contribution in [0.5, 0.6) is 0 Å². The quantitative estimate of drug-likeness (QED) is 0.693. The Kier molecular flexibility index (Phi) is 26.4. The molecule has 0 aliphatic carbocycles. The molecule has 1 heterocycles. The summed E-state index contributed by atoms with van der Waals surface area (Å²) in [6.07, 6.45) is 2.81. The summed E-state index contributed by atoms with van der Waals surface area (Å²) in [6.45, 7) is 9.54. The van der Waals surface area contributed by atoms with E-state index in [1.807, 2.05) is 0 Å². The lowest BCUT2D eigenvalue weighted by atomic mass is 10.3. The van der Waals surface area contributed by atoms with Gasteiger partial charge in [-0.1, -0.05) is 0 Å². The van der Waals surface area contributed by atoms with Crippen molar-refractivity contribution in [3.8, 4) is 0 Å². The molecule has 1 saturated heterocycles. The molecule has 1 rings (SSSR count). The van der Waals surface area contributed by atoms with Gasteiger partial charge >= 0.3 is 0 Å². The topological polar surface area (TPSA) is 56.1 Å². The maximum atomic E-state index is 11.0. The van der Waals surface area contributed by atoms with Gasteiger partial charge in [0.15, 0.2) is 0 Å². The number of halogens is 4. The predicted octanol–water partition coefficient (Wildman–Crippen LogP) is 1.44. The minimum atomic E-state index is -0.201. The highest BCUT2D eigenvalue weighted by molar-refractivity contribution is 5.86. The second-order valence-electron chi connectivity index (χ2n) is 6.67. The van der Waals surface area contributed by atoms with Crippen LogP contribution in [0.2, 0.25) is 0 Å². The molecule has 0 aromatic carbocycles. The van der Waals surface area contributed by atoms with Crippen LogP contribution in [0.1, 0.15) is 19.3 Å². The number of hydrogen-bond acceptors (Lipinski definition) is 5. The first-order valence-corrected chi connectivity index (χ1v) is 8.53. The van der Waals surface area contributed by atoms with E-state index in [4.69, 9.17) is 5.73 Å². The van der Waals surface area contributed by atoms with Crippen LogP contribution >= 0.6 is 49.6 Å². The van der Waals surface area contributed by atoms with Crippen molar-refractivity contribution in [2.24, 2.45) is 5.73 Å². The Morgan fingerprint density at radius 1 is 0.692 bits per heavy atom. The third-order valence-electron chi connectivity index (χ3n) is 4.43. The molecule has 6 nitrogen and oxygen atoms in total. The smallest absolute Gasteiger partial charge is 0.218 e. The summed E-state index contributed by atoms with van der Waals surface area (Å²) in [5.74, 6) is -0.201. The van der Waals surface area contributed by atoms with Crippen LogP contribution in [0.15, 0.2) is 0 Å². The van der Waals surface area contributed by atoms with Crippen LogP contribution in [0, 0.1) is 0 Å². The van der Waals surface area contributed by atoms with Gasteiger partial charge in [0.05, 0.1) is 0 Å². The Bertz CT molecular complexity index is 329. The van der Waals surface area contributed by atoms with E-state index in [-0.39, 0.29) is 55.5 Å². The molecular weight excluding hydrogens is 420 g/mol. The van der Waals surface area contributed by atoms with Crippen LogP contribution in [-0.4, -0.2) is 106 Å². The van der Waals surface area contributed by atoms with Crippen molar-refractivity contribution >= 4 is 55.5 Å². The Hall–Kier alpha value is 0.470. The summed E-state index contributed by atoms with van der Waals surface area (Å²) >= 11 is 0. The summed E-state index contributed by atoms with van der Waals surface area (Å²) in [5.41, 5.74) is 5.29. The molecule has 0 aromatic heterocycles. The fraction of sp³-hybridized carbons (Fsp3) is 0.938. The lowest BCUT2D eigenvalue weighted by Crippen LogP contribution is -2.39. The molecule has 0 bridgehead atoms. The van der Waals surface area contributed by atoms with Crippen LogP contribution in [0.25, 0.3) is 0 Å². The van der Waals surface area contributed by atoms with Crippen molar-refractivity contribution in [3.63, 3.8) is 0 Å². The Morgan fingerprint density at radius 3 is 1.50 bits per heavy atom. The van der Waals surface area contributed by atoms with Gasteiger partial charge in [0.25, 0.3) is 0 Å². The summed E-state index contributed by atoms with van der Waals surface area (Å²) in [7, 11) is 6.60. The molecule has 1 fully saturated rings. The van der Waals surface area contributed by atoms with Gasteiger partial charge in [0, 0.05) is 39.1 Å². The minimum Gasteiger partial charge on any atom is -0.370 e. The van der Waals surface area contributed by atoms with E-state index in [1.165, 1.54) is 6.42 Å². The number of rotatable bonds is 3. The van der Waals surface area contributed by atoms with Crippen molar-refractivity contribution in [1.29, 1.82) is 0 Å². The first-order valence-electron chi connectivity index (χ1n) is 8.53. The SMILES string of the molecule is CN1CCCN(C)CCN(CCC(N)=O)CCCN(C)CC1.Cl.Cl.Cl.Cl.